The van der Waals surface area contributed by atoms with Crippen LogP contribution < -0.4 is 24.6 Å². The van der Waals surface area contributed by atoms with E-state index in [1.807, 2.05) is 30.3 Å². The van der Waals surface area contributed by atoms with E-state index in [4.69, 9.17) is 14.2 Å². The molecule has 9 nitrogen and oxygen atoms in total. The van der Waals surface area contributed by atoms with E-state index in [9.17, 15) is 4.79 Å². The molecule has 2 aromatic rings. The number of morpholine rings is 1. The third-order valence-electron chi connectivity index (χ3n) is 5.99. The van der Waals surface area contributed by atoms with E-state index in [2.05, 4.69) is 25.3 Å². The monoisotopic (exact) mass is 425 g/mol. The number of amides is 1. The molecule has 164 valence electrons. The largest absolute Gasteiger partial charge is 0.454 e. The van der Waals surface area contributed by atoms with Crippen molar-refractivity contribution < 1.29 is 19.0 Å². The summed E-state index contributed by atoms with van der Waals surface area (Å²) in [7, 11) is 0. The highest BCUT2D eigenvalue weighted by molar-refractivity contribution is 5.79. The molecule has 1 aromatic carbocycles. The first-order chi connectivity index (χ1) is 15.3. The third kappa shape index (κ3) is 4.51. The fraction of sp³-hybridized carbons (Fsp3) is 0.500. The van der Waals surface area contributed by atoms with Crippen molar-refractivity contribution >= 4 is 17.5 Å². The number of carbonyl (C=O) groups excluding carboxylic acids is 1. The number of fused-ring (bicyclic) bond motifs is 1. The van der Waals surface area contributed by atoms with Gasteiger partial charge in [0.15, 0.2) is 23.1 Å². The maximum absolute atomic E-state index is 12.8. The molecule has 0 radical (unpaired) electrons. The number of ether oxygens (including phenoxy) is 3. The van der Waals surface area contributed by atoms with E-state index >= 15 is 0 Å². The lowest BCUT2D eigenvalue weighted by Gasteiger charge is -2.33. The lowest BCUT2D eigenvalue weighted by Crippen LogP contribution is -2.43. The Kier molecular flexibility index (Phi) is 5.75. The number of piperidine rings is 1. The Morgan fingerprint density at radius 1 is 1.00 bits per heavy atom. The van der Waals surface area contributed by atoms with E-state index in [0.717, 1.165) is 74.4 Å². The number of carbonyl (C=O) groups is 1. The van der Waals surface area contributed by atoms with E-state index in [0.29, 0.717) is 13.1 Å². The van der Waals surface area contributed by atoms with Crippen molar-refractivity contribution in [3.8, 4) is 11.5 Å². The average Bonchev–Trinajstić information content (AvgIpc) is 3.31. The lowest BCUT2D eigenvalue weighted by atomic mass is 9.97. The summed E-state index contributed by atoms with van der Waals surface area (Å²) in [6, 6.07) is 9.76. The number of benzene rings is 1. The van der Waals surface area contributed by atoms with Crippen LogP contribution in [-0.4, -0.2) is 62.3 Å². The molecule has 1 atom stereocenters. The van der Waals surface area contributed by atoms with Crippen LogP contribution in [0.1, 0.15) is 18.4 Å². The van der Waals surface area contributed by atoms with Crippen molar-refractivity contribution in [2.45, 2.75) is 19.4 Å². The van der Waals surface area contributed by atoms with Gasteiger partial charge in [-0.3, -0.25) is 4.79 Å². The van der Waals surface area contributed by atoms with Gasteiger partial charge in [-0.2, -0.15) is 0 Å². The average molecular weight is 425 g/mol. The van der Waals surface area contributed by atoms with Gasteiger partial charge in [0, 0.05) is 32.7 Å². The molecule has 3 aliphatic heterocycles. The van der Waals surface area contributed by atoms with Gasteiger partial charge in [-0.15, -0.1) is 10.2 Å². The number of anilines is 2. The van der Waals surface area contributed by atoms with Gasteiger partial charge >= 0.3 is 0 Å². The van der Waals surface area contributed by atoms with Crippen LogP contribution in [0.4, 0.5) is 11.6 Å². The molecule has 31 heavy (non-hydrogen) atoms. The summed E-state index contributed by atoms with van der Waals surface area (Å²) in [6.07, 6.45) is 1.83. The number of hydrogen-bond acceptors (Lipinski definition) is 8. The molecule has 4 heterocycles. The zero-order valence-corrected chi connectivity index (χ0v) is 17.5. The molecule has 1 amide bonds. The third-order valence-corrected chi connectivity index (χ3v) is 5.99. The van der Waals surface area contributed by atoms with Gasteiger partial charge in [0.2, 0.25) is 12.7 Å². The predicted molar refractivity (Wildman–Crippen MR) is 114 cm³/mol. The lowest BCUT2D eigenvalue weighted by molar-refractivity contribution is -0.125. The highest BCUT2D eigenvalue weighted by atomic mass is 16.7. The highest BCUT2D eigenvalue weighted by Crippen LogP contribution is 2.32. The van der Waals surface area contributed by atoms with Crippen molar-refractivity contribution in [2.24, 2.45) is 5.92 Å². The van der Waals surface area contributed by atoms with Crippen LogP contribution in [0, 0.1) is 5.92 Å². The molecule has 9 heteroatoms. The first kappa shape index (κ1) is 19.9. The maximum Gasteiger partial charge on any atom is 0.231 e. The molecular weight excluding hydrogens is 398 g/mol. The van der Waals surface area contributed by atoms with Crippen LogP contribution in [0.2, 0.25) is 0 Å². The fourth-order valence-electron chi connectivity index (χ4n) is 4.23. The first-order valence-electron chi connectivity index (χ1n) is 10.8. The van der Waals surface area contributed by atoms with Gasteiger partial charge in [-0.05, 0) is 42.7 Å². The van der Waals surface area contributed by atoms with Gasteiger partial charge in [0.1, 0.15) is 0 Å². The van der Waals surface area contributed by atoms with E-state index in [1.54, 1.807) is 0 Å². The van der Waals surface area contributed by atoms with Crippen molar-refractivity contribution in [2.75, 3.05) is 56.0 Å². The van der Waals surface area contributed by atoms with Crippen molar-refractivity contribution in [3.05, 3.63) is 35.9 Å². The number of hydrogen-bond donors (Lipinski definition) is 1. The maximum atomic E-state index is 12.8. The van der Waals surface area contributed by atoms with Crippen molar-refractivity contribution in [3.63, 3.8) is 0 Å². The summed E-state index contributed by atoms with van der Waals surface area (Å²) < 4.78 is 16.1. The molecule has 0 bridgehead atoms. The van der Waals surface area contributed by atoms with E-state index in [1.165, 1.54) is 0 Å². The molecular formula is C22H27N5O4. The Balaban J connectivity index is 1.16. The van der Waals surface area contributed by atoms with Gasteiger partial charge < -0.3 is 29.3 Å². The Morgan fingerprint density at radius 3 is 2.58 bits per heavy atom. The summed E-state index contributed by atoms with van der Waals surface area (Å²) >= 11 is 0. The van der Waals surface area contributed by atoms with Crippen LogP contribution in [0.15, 0.2) is 30.3 Å². The number of nitrogens with zero attached hydrogens (tertiary/aromatic N) is 4. The second-order valence-electron chi connectivity index (χ2n) is 8.04. The molecule has 0 spiro atoms. The minimum absolute atomic E-state index is 0.0662. The summed E-state index contributed by atoms with van der Waals surface area (Å²) in [6.45, 7) is 5.37. The van der Waals surface area contributed by atoms with Crippen LogP contribution in [0.25, 0.3) is 0 Å². The van der Waals surface area contributed by atoms with E-state index in [-0.39, 0.29) is 18.6 Å². The minimum Gasteiger partial charge on any atom is -0.454 e. The molecule has 0 aliphatic carbocycles. The molecule has 2 fully saturated rings. The van der Waals surface area contributed by atoms with Crippen LogP contribution in [0.3, 0.4) is 0 Å². The molecule has 0 unspecified atom stereocenters. The van der Waals surface area contributed by atoms with E-state index < -0.39 is 0 Å². The molecule has 2 saturated heterocycles. The van der Waals surface area contributed by atoms with Gasteiger partial charge in [0.25, 0.3) is 0 Å². The predicted octanol–water partition coefficient (Wildman–Crippen LogP) is 1.57. The summed E-state index contributed by atoms with van der Waals surface area (Å²) in [5, 5.41) is 11.9. The molecule has 3 aliphatic rings. The normalized spacial score (nSPS) is 20.6. The Bertz CT molecular complexity index is 917. The quantitative estimate of drug-likeness (QED) is 0.772. The van der Waals surface area contributed by atoms with Crippen molar-refractivity contribution in [1.82, 2.24) is 15.5 Å². The standard InChI is InChI=1S/C22H27N5O4/c28-22(23-13-16-3-4-18-19(12-16)31-15-30-18)17-2-1-7-27(14-17)21-6-5-20(24-25-21)26-8-10-29-11-9-26/h3-6,12,17H,1-2,7-11,13-15H2,(H,23,28)/t17-/m0/s1. The Labute approximate surface area is 181 Å². The van der Waals surface area contributed by atoms with Crippen LogP contribution in [-0.2, 0) is 16.1 Å². The van der Waals surface area contributed by atoms with Gasteiger partial charge in [-0.1, -0.05) is 6.07 Å². The summed E-state index contributed by atoms with van der Waals surface area (Å²) in [5.74, 6) is 3.18. The summed E-state index contributed by atoms with van der Waals surface area (Å²) in [4.78, 5) is 17.1. The smallest absolute Gasteiger partial charge is 0.231 e. The van der Waals surface area contributed by atoms with Crippen molar-refractivity contribution in [1.29, 1.82) is 0 Å². The highest BCUT2D eigenvalue weighted by Gasteiger charge is 2.27. The molecule has 0 saturated carbocycles. The molecule has 5 rings (SSSR count). The second kappa shape index (κ2) is 8.97. The Morgan fingerprint density at radius 2 is 1.77 bits per heavy atom. The number of nitrogens with one attached hydrogen (secondary N) is 1. The van der Waals surface area contributed by atoms with Gasteiger partial charge in [-0.25, -0.2) is 0 Å². The topological polar surface area (TPSA) is 89.1 Å². The summed E-state index contributed by atoms with van der Waals surface area (Å²) in [5.41, 5.74) is 0.995. The Hall–Kier alpha value is -3.07. The zero-order chi connectivity index (χ0) is 21.0. The first-order valence-corrected chi connectivity index (χ1v) is 10.8. The molecule has 1 N–H and O–H groups in total. The zero-order valence-electron chi connectivity index (χ0n) is 17.5. The van der Waals surface area contributed by atoms with Gasteiger partial charge in [0.05, 0.1) is 19.1 Å². The fourth-order valence-corrected chi connectivity index (χ4v) is 4.23. The number of aromatic nitrogens is 2. The minimum atomic E-state index is -0.0662. The van der Waals surface area contributed by atoms with Crippen LogP contribution in [0.5, 0.6) is 11.5 Å². The number of rotatable bonds is 5. The van der Waals surface area contributed by atoms with Crippen LogP contribution >= 0.6 is 0 Å². The SMILES string of the molecule is O=C(NCc1ccc2c(c1)OCO2)[C@H]1CCCN(c2ccc(N3CCOCC3)nn2)C1. The second-order valence-corrected chi connectivity index (χ2v) is 8.04. The molecule has 1 aromatic heterocycles.